The lowest BCUT2D eigenvalue weighted by atomic mass is 10.1. The molecule has 0 fully saturated rings. The van der Waals surface area contributed by atoms with Crippen LogP contribution in [-0.2, 0) is 4.79 Å². The normalized spacial score (nSPS) is 11.9. The summed E-state index contributed by atoms with van der Waals surface area (Å²) in [5.74, 6) is -0.901. The average Bonchev–Trinajstić information content (AvgIpc) is 3.03. The van der Waals surface area contributed by atoms with Gasteiger partial charge in [0.15, 0.2) is 6.04 Å². The van der Waals surface area contributed by atoms with Crippen molar-refractivity contribution < 1.29 is 19.4 Å². The second kappa shape index (κ2) is 6.72. The van der Waals surface area contributed by atoms with E-state index in [-0.39, 0.29) is 0 Å². The predicted molar refractivity (Wildman–Crippen MR) is 92.7 cm³/mol. The maximum atomic E-state index is 12.5. The molecule has 2 N–H and O–H groups in total. The molecule has 1 amide bonds. The third-order valence-electron chi connectivity index (χ3n) is 3.70. The summed E-state index contributed by atoms with van der Waals surface area (Å²) in [6.45, 7) is 0. The number of carbonyl (C=O) groups is 2. The molecule has 2 aromatic carbocycles. The monoisotopic (exact) mass is 341 g/mol. The fraction of sp³-hybridized carbons (Fsp3) is 0.111. The van der Waals surface area contributed by atoms with Gasteiger partial charge in [-0.15, -0.1) is 11.3 Å². The molecule has 3 aromatic rings. The number of amides is 1. The molecule has 0 saturated heterocycles. The molecule has 0 aliphatic heterocycles. The number of aliphatic carboxylic acids is 1. The van der Waals surface area contributed by atoms with Crippen LogP contribution in [-0.4, -0.2) is 24.1 Å². The Morgan fingerprint density at radius 3 is 2.50 bits per heavy atom. The predicted octanol–water partition coefficient (Wildman–Crippen LogP) is 3.47. The van der Waals surface area contributed by atoms with Gasteiger partial charge in [0.05, 0.1) is 12.7 Å². The lowest BCUT2D eigenvalue weighted by Crippen LogP contribution is -2.33. The molecule has 1 aromatic heterocycles. The Hall–Kier alpha value is -2.86. The fourth-order valence-electron chi connectivity index (χ4n) is 2.45. The second-order valence-electron chi connectivity index (χ2n) is 5.16. The van der Waals surface area contributed by atoms with Gasteiger partial charge in [-0.05, 0) is 23.8 Å². The van der Waals surface area contributed by atoms with Gasteiger partial charge in [0.2, 0.25) is 0 Å². The summed E-state index contributed by atoms with van der Waals surface area (Å²) in [4.78, 5) is 24.1. The third-order valence-corrected chi connectivity index (χ3v) is 4.66. The van der Waals surface area contributed by atoms with Crippen molar-refractivity contribution in [1.82, 2.24) is 5.32 Å². The highest BCUT2D eigenvalue weighted by molar-refractivity contribution is 7.17. The molecule has 0 spiro atoms. The first kappa shape index (κ1) is 16.0. The quantitative estimate of drug-likeness (QED) is 0.745. The van der Waals surface area contributed by atoms with Crippen molar-refractivity contribution in [3.63, 3.8) is 0 Å². The number of carboxylic acids is 1. The number of carboxylic acid groups (broad SMARTS) is 1. The molecule has 6 heteroatoms. The molecule has 1 atom stereocenters. The Labute approximate surface area is 142 Å². The molecular formula is C18H15NO4S. The van der Waals surface area contributed by atoms with Crippen LogP contribution < -0.4 is 10.1 Å². The zero-order valence-corrected chi connectivity index (χ0v) is 13.7. The SMILES string of the molecule is COc1ccc(C(NC(=O)c2csc3ccccc23)C(=O)O)cc1. The first-order chi connectivity index (χ1) is 11.6. The van der Waals surface area contributed by atoms with E-state index in [4.69, 9.17) is 4.74 Å². The number of hydrogen-bond donors (Lipinski definition) is 2. The molecule has 0 saturated carbocycles. The van der Waals surface area contributed by atoms with E-state index in [1.165, 1.54) is 18.4 Å². The maximum absolute atomic E-state index is 12.5. The lowest BCUT2D eigenvalue weighted by molar-refractivity contribution is -0.139. The van der Waals surface area contributed by atoms with Crippen LogP contribution in [0.1, 0.15) is 22.0 Å². The van der Waals surface area contributed by atoms with Gasteiger partial charge in [-0.2, -0.15) is 0 Å². The van der Waals surface area contributed by atoms with Gasteiger partial charge >= 0.3 is 5.97 Å². The minimum Gasteiger partial charge on any atom is -0.497 e. The number of fused-ring (bicyclic) bond motifs is 1. The van der Waals surface area contributed by atoms with E-state index in [1.54, 1.807) is 29.6 Å². The average molecular weight is 341 g/mol. The zero-order chi connectivity index (χ0) is 17.1. The second-order valence-corrected chi connectivity index (χ2v) is 6.07. The van der Waals surface area contributed by atoms with E-state index in [0.717, 1.165) is 10.1 Å². The van der Waals surface area contributed by atoms with Crippen LogP contribution in [0.5, 0.6) is 5.75 Å². The van der Waals surface area contributed by atoms with Gasteiger partial charge in [-0.1, -0.05) is 30.3 Å². The number of nitrogens with one attached hydrogen (secondary N) is 1. The van der Waals surface area contributed by atoms with E-state index in [0.29, 0.717) is 16.9 Å². The van der Waals surface area contributed by atoms with E-state index < -0.39 is 17.9 Å². The molecule has 3 rings (SSSR count). The van der Waals surface area contributed by atoms with Gasteiger partial charge < -0.3 is 15.2 Å². The molecular weight excluding hydrogens is 326 g/mol. The molecule has 0 aliphatic rings. The van der Waals surface area contributed by atoms with E-state index >= 15 is 0 Å². The van der Waals surface area contributed by atoms with Crippen molar-refractivity contribution in [2.45, 2.75) is 6.04 Å². The summed E-state index contributed by atoms with van der Waals surface area (Å²) in [5, 5.41) is 14.6. The minimum absolute atomic E-state index is 0.407. The van der Waals surface area contributed by atoms with Crippen molar-refractivity contribution in [3.05, 3.63) is 65.0 Å². The molecule has 0 radical (unpaired) electrons. The smallest absolute Gasteiger partial charge is 0.330 e. The van der Waals surface area contributed by atoms with Crippen LogP contribution in [0.4, 0.5) is 0 Å². The molecule has 0 bridgehead atoms. The van der Waals surface area contributed by atoms with Crippen molar-refractivity contribution in [2.75, 3.05) is 7.11 Å². The zero-order valence-electron chi connectivity index (χ0n) is 12.9. The molecule has 0 aliphatic carbocycles. The third kappa shape index (κ3) is 3.09. The molecule has 5 nitrogen and oxygen atoms in total. The van der Waals surface area contributed by atoms with Crippen LogP contribution in [0.25, 0.3) is 10.1 Å². The van der Waals surface area contributed by atoms with Crippen molar-refractivity contribution in [2.24, 2.45) is 0 Å². The highest BCUT2D eigenvalue weighted by atomic mass is 32.1. The van der Waals surface area contributed by atoms with Crippen molar-refractivity contribution >= 4 is 33.3 Å². The van der Waals surface area contributed by atoms with E-state index in [2.05, 4.69) is 5.32 Å². The summed E-state index contributed by atoms with van der Waals surface area (Å²) >= 11 is 1.45. The molecule has 1 unspecified atom stereocenters. The molecule has 1 heterocycles. The standard InChI is InChI=1S/C18H15NO4S/c1-23-12-8-6-11(7-9-12)16(18(21)22)19-17(20)14-10-24-15-5-3-2-4-13(14)15/h2-10,16H,1H3,(H,19,20)(H,21,22). The summed E-state index contributed by atoms with van der Waals surface area (Å²) in [5.41, 5.74) is 0.964. The van der Waals surface area contributed by atoms with Gasteiger partial charge in [0.1, 0.15) is 5.75 Å². The summed E-state index contributed by atoms with van der Waals surface area (Å²) in [6.07, 6.45) is 0. The number of benzene rings is 2. The van der Waals surface area contributed by atoms with Crippen LogP contribution in [0, 0.1) is 0 Å². The number of rotatable bonds is 5. The molecule has 122 valence electrons. The van der Waals surface area contributed by atoms with Gasteiger partial charge in [0.25, 0.3) is 5.91 Å². The Bertz CT molecular complexity index is 885. The highest BCUT2D eigenvalue weighted by Gasteiger charge is 2.24. The van der Waals surface area contributed by atoms with Crippen LogP contribution in [0.15, 0.2) is 53.9 Å². The summed E-state index contributed by atoms with van der Waals surface area (Å²) in [6, 6.07) is 13.0. The van der Waals surface area contributed by atoms with E-state index in [1.807, 2.05) is 24.3 Å². The highest BCUT2D eigenvalue weighted by Crippen LogP contribution is 2.26. The number of hydrogen-bond acceptors (Lipinski definition) is 4. The van der Waals surface area contributed by atoms with Crippen LogP contribution in [0.3, 0.4) is 0 Å². The first-order valence-corrected chi connectivity index (χ1v) is 8.12. The van der Waals surface area contributed by atoms with Gasteiger partial charge in [-0.25, -0.2) is 4.79 Å². The van der Waals surface area contributed by atoms with E-state index in [9.17, 15) is 14.7 Å². The first-order valence-electron chi connectivity index (χ1n) is 7.24. The number of methoxy groups -OCH3 is 1. The van der Waals surface area contributed by atoms with Crippen LogP contribution in [0.2, 0.25) is 0 Å². The largest absolute Gasteiger partial charge is 0.497 e. The summed E-state index contributed by atoms with van der Waals surface area (Å²) < 4.78 is 6.05. The van der Waals surface area contributed by atoms with Gasteiger partial charge in [0, 0.05) is 15.5 Å². The maximum Gasteiger partial charge on any atom is 0.330 e. The Balaban J connectivity index is 1.87. The Morgan fingerprint density at radius 2 is 1.83 bits per heavy atom. The number of thiophene rings is 1. The number of ether oxygens (including phenoxy) is 1. The van der Waals surface area contributed by atoms with Gasteiger partial charge in [-0.3, -0.25) is 4.79 Å². The van der Waals surface area contributed by atoms with Crippen molar-refractivity contribution in [1.29, 1.82) is 0 Å². The molecule has 24 heavy (non-hydrogen) atoms. The minimum atomic E-state index is -1.12. The van der Waals surface area contributed by atoms with Crippen molar-refractivity contribution in [3.8, 4) is 5.75 Å². The Morgan fingerprint density at radius 1 is 1.12 bits per heavy atom. The number of carbonyl (C=O) groups excluding carboxylic acids is 1. The topological polar surface area (TPSA) is 75.6 Å². The lowest BCUT2D eigenvalue weighted by Gasteiger charge is -2.15. The van der Waals surface area contributed by atoms with Crippen LogP contribution >= 0.6 is 11.3 Å². The Kier molecular flexibility index (Phi) is 4.48. The fourth-order valence-corrected chi connectivity index (χ4v) is 3.39. The summed E-state index contributed by atoms with van der Waals surface area (Å²) in [7, 11) is 1.53.